The number of ether oxygens (including phenoxy) is 3. The first kappa shape index (κ1) is 16.9. The van der Waals surface area contributed by atoms with Crippen LogP contribution in [0.15, 0.2) is 30.3 Å². The van der Waals surface area contributed by atoms with Gasteiger partial charge >= 0.3 is 0 Å². The summed E-state index contributed by atoms with van der Waals surface area (Å²) in [6, 6.07) is 10.5. The van der Waals surface area contributed by atoms with Gasteiger partial charge in [0, 0.05) is 19.7 Å². The lowest BCUT2D eigenvalue weighted by atomic mass is 10.2. The van der Waals surface area contributed by atoms with Gasteiger partial charge in [0.2, 0.25) is 5.91 Å². The van der Waals surface area contributed by atoms with Crippen LogP contribution in [0.5, 0.6) is 0 Å². The van der Waals surface area contributed by atoms with Crippen molar-refractivity contribution in [3.8, 4) is 0 Å². The van der Waals surface area contributed by atoms with E-state index in [4.69, 9.17) is 14.2 Å². The molecule has 5 nitrogen and oxygen atoms in total. The summed E-state index contributed by atoms with van der Waals surface area (Å²) in [5, 5.41) is 0. The van der Waals surface area contributed by atoms with Crippen molar-refractivity contribution in [1.82, 2.24) is 4.90 Å². The number of methoxy groups -OCH3 is 1. The van der Waals surface area contributed by atoms with Crippen molar-refractivity contribution in [2.24, 2.45) is 0 Å². The topological polar surface area (TPSA) is 48.0 Å². The number of rotatable bonds is 11. The number of hydrogen-bond acceptors (Lipinski definition) is 4. The first-order chi connectivity index (χ1) is 10.8. The third kappa shape index (κ3) is 6.13. The Morgan fingerprint density at radius 1 is 1.09 bits per heavy atom. The van der Waals surface area contributed by atoms with E-state index in [9.17, 15) is 4.79 Å². The molecule has 0 atom stereocenters. The van der Waals surface area contributed by atoms with Gasteiger partial charge in [0.1, 0.15) is 6.61 Å². The average molecular weight is 307 g/mol. The van der Waals surface area contributed by atoms with E-state index in [0.717, 1.165) is 18.4 Å². The summed E-state index contributed by atoms with van der Waals surface area (Å²) in [5.74, 6) is 0.0586. The van der Waals surface area contributed by atoms with E-state index in [-0.39, 0.29) is 12.5 Å². The molecule has 0 aliphatic heterocycles. The van der Waals surface area contributed by atoms with E-state index >= 15 is 0 Å². The Labute approximate surface area is 132 Å². The summed E-state index contributed by atoms with van der Waals surface area (Å²) in [4.78, 5) is 14.2. The van der Waals surface area contributed by atoms with Crippen molar-refractivity contribution >= 4 is 5.91 Å². The minimum absolute atomic E-state index is 0.0586. The summed E-state index contributed by atoms with van der Waals surface area (Å²) in [6.07, 6.45) is 2.19. The van der Waals surface area contributed by atoms with Crippen molar-refractivity contribution in [2.75, 3.05) is 40.1 Å². The molecule has 0 bridgehead atoms. The highest BCUT2D eigenvalue weighted by Gasteiger charge is 2.32. The predicted molar refractivity (Wildman–Crippen MR) is 83.5 cm³/mol. The molecule has 1 amide bonds. The van der Waals surface area contributed by atoms with Gasteiger partial charge in [-0.05, 0) is 18.4 Å². The van der Waals surface area contributed by atoms with Crippen LogP contribution >= 0.6 is 0 Å². The van der Waals surface area contributed by atoms with E-state index < -0.39 is 0 Å². The Morgan fingerprint density at radius 2 is 1.77 bits per heavy atom. The molecule has 1 aromatic carbocycles. The molecule has 0 radical (unpaired) electrons. The molecular weight excluding hydrogens is 282 g/mol. The number of hydrogen-bond donors (Lipinski definition) is 0. The molecule has 0 saturated heterocycles. The second-order valence-electron chi connectivity index (χ2n) is 5.40. The minimum atomic E-state index is 0.0586. The Balaban J connectivity index is 1.67. The normalized spacial score (nSPS) is 14.0. The van der Waals surface area contributed by atoms with Crippen LogP contribution in [0, 0.1) is 0 Å². The summed E-state index contributed by atoms with van der Waals surface area (Å²) in [5.41, 5.74) is 1.16. The van der Waals surface area contributed by atoms with Crippen LogP contribution in [0.4, 0.5) is 0 Å². The average Bonchev–Trinajstić information content (AvgIpc) is 3.37. The van der Waals surface area contributed by atoms with Gasteiger partial charge in [-0.15, -0.1) is 0 Å². The van der Waals surface area contributed by atoms with Gasteiger partial charge in [0.25, 0.3) is 0 Å². The number of nitrogens with zero attached hydrogens (tertiary/aromatic N) is 1. The minimum Gasteiger partial charge on any atom is -0.382 e. The first-order valence-corrected chi connectivity index (χ1v) is 7.79. The maximum Gasteiger partial charge on any atom is 0.249 e. The van der Waals surface area contributed by atoms with E-state index in [1.165, 1.54) is 0 Å². The van der Waals surface area contributed by atoms with Crippen molar-refractivity contribution in [3.05, 3.63) is 35.9 Å². The van der Waals surface area contributed by atoms with Crippen molar-refractivity contribution < 1.29 is 19.0 Å². The maximum atomic E-state index is 12.3. The molecule has 1 aliphatic carbocycles. The van der Waals surface area contributed by atoms with Gasteiger partial charge in [-0.25, -0.2) is 0 Å². The fourth-order valence-electron chi connectivity index (χ4n) is 2.19. The quantitative estimate of drug-likeness (QED) is 0.586. The van der Waals surface area contributed by atoms with Gasteiger partial charge in [-0.2, -0.15) is 0 Å². The smallest absolute Gasteiger partial charge is 0.249 e. The Kier molecular flexibility index (Phi) is 7.36. The highest BCUT2D eigenvalue weighted by atomic mass is 16.5. The van der Waals surface area contributed by atoms with Crippen LogP contribution in [0.2, 0.25) is 0 Å². The van der Waals surface area contributed by atoms with Gasteiger partial charge in [-0.1, -0.05) is 30.3 Å². The molecule has 1 saturated carbocycles. The van der Waals surface area contributed by atoms with Crippen molar-refractivity contribution in [3.63, 3.8) is 0 Å². The SMILES string of the molecule is COCCOCCOCC(=O)N(Cc1ccccc1)C1CC1. The molecular formula is C17H25NO4. The summed E-state index contributed by atoms with van der Waals surface area (Å²) in [6.45, 7) is 2.83. The van der Waals surface area contributed by atoms with Crippen LogP contribution in [-0.2, 0) is 25.5 Å². The zero-order valence-corrected chi connectivity index (χ0v) is 13.2. The number of amides is 1. The largest absolute Gasteiger partial charge is 0.382 e. The molecule has 0 heterocycles. The van der Waals surface area contributed by atoms with Crippen LogP contribution < -0.4 is 0 Å². The Bertz CT molecular complexity index is 434. The third-order valence-corrected chi connectivity index (χ3v) is 3.53. The zero-order valence-electron chi connectivity index (χ0n) is 13.2. The highest BCUT2D eigenvalue weighted by molar-refractivity contribution is 5.78. The Hall–Kier alpha value is -1.43. The second kappa shape index (κ2) is 9.56. The van der Waals surface area contributed by atoms with Gasteiger partial charge < -0.3 is 19.1 Å². The molecule has 0 aromatic heterocycles. The van der Waals surface area contributed by atoms with Gasteiger partial charge in [0.15, 0.2) is 0 Å². The molecule has 0 N–H and O–H groups in total. The molecule has 0 spiro atoms. The lowest BCUT2D eigenvalue weighted by Crippen LogP contribution is -2.35. The molecule has 5 heteroatoms. The molecule has 1 aromatic rings. The summed E-state index contributed by atoms with van der Waals surface area (Å²) >= 11 is 0. The van der Waals surface area contributed by atoms with Crippen molar-refractivity contribution in [1.29, 1.82) is 0 Å². The van der Waals surface area contributed by atoms with Crippen LogP contribution in [0.3, 0.4) is 0 Å². The molecule has 22 heavy (non-hydrogen) atoms. The highest BCUT2D eigenvalue weighted by Crippen LogP contribution is 2.28. The van der Waals surface area contributed by atoms with E-state index in [1.807, 2.05) is 35.2 Å². The van der Waals surface area contributed by atoms with Crippen molar-refractivity contribution in [2.45, 2.75) is 25.4 Å². The molecule has 122 valence electrons. The zero-order chi connectivity index (χ0) is 15.6. The van der Waals surface area contributed by atoms with E-state index in [2.05, 4.69) is 0 Å². The standard InChI is InChI=1S/C17H25NO4/c1-20-9-10-21-11-12-22-14-17(19)18(16-7-8-16)13-15-5-3-2-4-6-15/h2-6,16H,7-14H2,1H3. The van der Waals surface area contributed by atoms with Gasteiger partial charge in [0.05, 0.1) is 26.4 Å². The summed E-state index contributed by atoms with van der Waals surface area (Å²) < 4.78 is 15.6. The fourth-order valence-corrected chi connectivity index (χ4v) is 2.19. The van der Waals surface area contributed by atoms with E-state index in [1.54, 1.807) is 7.11 Å². The molecule has 1 aliphatic rings. The summed E-state index contributed by atoms with van der Waals surface area (Å²) in [7, 11) is 1.64. The van der Waals surface area contributed by atoms with Gasteiger partial charge in [-0.3, -0.25) is 4.79 Å². The third-order valence-electron chi connectivity index (χ3n) is 3.53. The number of benzene rings is 1. The van der Waals surface area contributed by atoms with E-state index in [0.29, 0.717) is 39.0 Å². The first-order valence-electron chi connectivity index (χ1n) is 7.79. The number of carbonyl (C=O) groups excluding carboxylic acids is 1. The predicted octanol–water partition coefficient (Wildman–Crippen LogP) is 1.86. The van der Waals surface area contributed by atoms with Crippen LogP contribution in [0.25, 0.3) is 0 Å². The second-order valence-corrected chi connectivity index (χ2v) is 5.40. The molecule has 0 unspecified atom stereocenters. The number of carbonyl (C=O) groups is 1. The monoisotopic (exact) mass is 307 g/mol. The van der Waals surface area contributed by atoms with Crippen LogP contribution in [0.1, 0.15) is 18.4 Å². The molecule has 1 fully saturated rings. The lowest BCUT2D eigenvalue weighted by molar-refractivity contribution is -0.138. The molecule has 2 rings (SSSR count). The fraction of sp³-hybridized carbons (Fsp3) is 0.588. The maximum absolute atomic E-state index is 12.3. The van der Waals surface area contributed by atoms with Crippen LogP contribution in [-0.4, -0.2) is 57.0 Å². The Morgan fingerprint density at radius 3 is 2.45 bits per heavy atom. The lowest BCUT2D eigenvalue weighted by Gasteiger charge is -2.22.